The zero-order valence-electron chi connectivity index (χ0n) is 32.6. The Labute approximate surface area is 337 Å². The Bertz CT molecular complexity index is 2130. The Hall–Kier alpha value is -5.92. The molecule has 3 aromatic heterocycles. The number of alkyl halides is 3. The van der Waals surface area contributed by atoms with Gasteiger partial charge in [-0.15, -0.1) is 0 Å². The fraction of sp³-hybridized carbons (Fsp3) is 0.459. The number of unbranched alkanes of at least 4 members (excludes halogenated alkanes) is 2. The van der Waals surface area contributed by atoms with Crippen LogP contribution < -0.4 is 26.1 Å². The van der Waals surface area contributed by atoms with E-state index in [0.29, 0.717) is 69.9 Å². The Kier molecular flexibility index (Phi) is 15.4. The normalized spacial score (nSPS) is 12.8. The molecule has 3 amide bonds. The summed E-state index contributed by atoms with van der Waals surface area (Å²) in [7, 11) is 0.676. The average Bonchev–Trinajstić information content (AvgIpc) is 3.49. The van der Waals surface area contributed by atoms with Crippen LogP contribution in [-0.2, 0) is 29.2 Å². The summed E-state index contributed by atoms with van der Waals surface area (Å²) < 4.78 is 46.8. The molecule has 0 atom stereocenters. The number of carbonyl (C=O) groups excluding carboxylic acids is 4. The molecule has 6 N–H and O–H groups in total. The molecule has 4 heterocycles. The highest BCUT2D eigenvalue weighted by atomic mass is 35.5. The van der Waals surface area contributed by atoms with E-state index in [0.717, 1.165) is 42.5 Å². The van der Waals surface area contributed by atoms with E-state index in [9.17, 15) is 37.5 Å². The minimum Gasteiger partial charge on any atom is -0.506 e. The predicted octanol–water partition coefficient (Wildman–Crippen LogP) is 3.89. The van der Waals surface area contributed by atoms with Crippen LogP contribution in [0.4, 0.5) is 24.8 Å². The van der Waals surface area contributed by atoms with Gasteiger partial charge in [-0.25, -0.2) is 23.9 Å². The number of nitrogen functional groups attached to an aromatic ring is 2. The number of imidazole rings is 1. The summed E-state index contributed by atoms with van der Waals surface area (Å²) in [6.07, 6.45) is 1.52. The fourth-order valence-electron chi connectivity index (χ4n) is 6.23. The Morgan fingerprint density at radius 2 is 1.62 bits per heavy atom. The summed E-state index contributed by atoms with van der Waals surface area (Å²) in [5, 5.41) is 12.6. The van der Waals surface area contributed by atoms with Crippen LogP contribution in [0, 0.1) is 0 Å². The van der Waals surface area contributed by atoms with Crippen molar-refractivity contribution in [2.45, 2.75) is 72.3 Å². The van der Waals surface area contributed by atoms with Gasteiger partial charge in [-0.3, -0.25) is 19.4 Å². The number of nitrogens with zero attached hydrogens (tertiary/aromatic N) is 7. The summed E-state index contributed by atoms with van der Waals surface area (Å²) >= 11 is 6.02. The Morgan fingerprint density at radius 1 is 0.948 bits per heavy atom. The summed E-state index contributed by atoms with van der Waals surface area (Å²) in [5.41, 5.74) is 13.9. The lowest BCUT2D eigenvalue weighted by atomic mass is 10.1. The van der Waals surface area contributed by atoms with Gasteiger partial charge in [-0.2, -0.15) is 13.2 Å². The van der Waals surface area contributed by atoms with Gasteiger partial charge in [-0.05, 0) is 25.8 Å². The smallest absolute Gasteiger partial charge is 0.490 e. The van der Waals surface area contributed by atoms with Gasteiger partial charge in [0.2, 0.25) is 0 Å². The average molecular weight is 836 g/mol. The number of fused-ring (bicyclic) bond motifs is 1. The van der Waals surface area contributed by atoms with Crippen molar-refractivity contribution in [3.63, 3.8) is 0 Å². The minimum atomic E-state index is -4.85. The zero-order valence-corrected chi connectivity index (χ0v) is 33.3. The number of nitrogens with one attached hydrogen (secondary N) is 1. The molecule has 1 aliphatic heterocycles. The number of aromatic nitrogens is 5. The van der Waals surface area contributed by atoms with Crippen LogP contribution in [-0.4, -0.2) is 104 Å². The number of esters is 1. The third kappa shape index (κ3) is 10.7. The van der Waals surface area contributed by atoms with Crippen LogP contribution in [0.3, 0.4) is 0 Å². The summed E-state index contributed by atoms with van der Waals surface area (Å²) in [6.45, 7) is 9.29. The van der Waals surface area contributed by atoms with Crippen molar-refractivity contribution in [1.29, 1.82) is 0 Å². The van der Waals surface area contributed by atoms with Gasteiger partial charge in [0.25, 0.3) is 23.5 Å². The number of methoxy groups -OCH3 is 1. The number of nitrogens with two attached hydrogens (primary N) is 2. The highest BCUT2D eigenvalue weighted by Crippen LogP contribution is 2.29. The first-order valence-corrected chi connectivity index (χ1v) is 18.9. The number of carbonyl (C=O) groups is 4. The van der Waals surface area contributed by atoms with Crippen LogP contribution in [0.1, 0.15) is 83.5 Å². The second-order valence-corrected chi connectivity index (χ2v) is 13.4. The largest absolute Gasteiger partial charge is 0.506 e. The molecule has 1 fully saturated rings. The first kappa shape index (κ1) is 44.8. The first-order valence-electron chi connectivity index (χ1n) is 18.5. The molecule has 0 unspecified atom stereocenters. The zero-order chi connectivity index (χ0) is 42.7. The maximum absolute atomic E-state index is 14.2. The maximum Gasteiger partial charge on any atom is 0.490 e. The number of ether oxygens (including phenoxy) is 2. The number of aryl methyl sites for hydroxylation is 2. The number of piperazine rings is 1. The lowest BCUT2D eigenvalue weighted by Crippen LogP contribution is -2.50. The molecule has 0 saturated carbocycles. The van der Waals surface area contributed by atoms with Crippen LogP contribution in [0.2, 0.25) is 5.15 Å². The Balaban J connectivity index is 0.000000841. The number of aromatic hydroxyl groups is 1. The molecule has 1 aromatic carbocycles. The molecule has 0 radical (unpaired) electrons. The van der Waals surface area contributed by atoms with E-state index >= 15 is 0 Å². The van der Waals surface area contributed by atoms with Crippen molar-refractivity contribution in [3.05, 3.63) is 58.4 Å². The van der Waals surface area contributed by atoms with Crippen molar-refractivity contribution in [1.82, 2.24) is 34.6 Å². The molecule has 58 heavy (non-hydrogen) atoms. The van der Waals surface area contributed by atoms with Gasteiger partial charge in [0, 0.05) is 44.5 Å². The van der Waals surface area contributed by atoms with Gasteiger partial charge in [0.15, 0.2) is 33.5 Å². The van der Waals surface area contributed by atoms with Crippen molar-refractivity contribution < 1.29 is 51.5 Å². The molecule has 21 heteroatoms. The number of halogens is 4. The fourth-order valence-corrected chi connectivity index (χ4v) is 6.36. The topological polar surface area (TPSA) is 225 Å². The molecule has 314 valence electrons. The second kappa shape index (κ2) is 20.0. The van der Waals surface area contributed by atoms with E-state index in [1.54, 1.807) is 9.80 Å². The number of rotatable bonds is 13. The third-order valence-corrected chi connectivity index (χ3v) is 9.33. The standard InChI is InChI=1S/C34H43ClN10O5.C3H3F3O2/c1-4-7-8-14-50-26-17-25-24(16-23(26)34(49)43-12-10-42(11-13-43)33(48)21-15-22(46)19-38-18-21)44(6-3)27(45(25)9-5-2)20-39-32(47)28-30(36)41-31(37)29(35)40-28;1-8-2(7)3(4,5)6/h15-19H,4-14,20H2,1-3H3,(H5-,36,37,39,41,46,47);1H3/p+1. The minimum absolute atomic E-state index is 0.0630. The highest BCUT2D eigenvalue weighted by Gasteiger charge is 2.40. The van der Waals surface area contributed by atoms with Crippen LogP contribution >= 0.6 is 11.6 Å². The van der Waals surface area contributed by atoms with E-state index in [1.165, 1.54) is 18.5 Å². The van der Waals surface area contributed by atoms with Crippen molar-refractivity contribution in [3.8, 4) is 11.5 Å². The van der Waals surface area contributed by atoms with E-state index < -0.39 is 18.1 Å². The number of benzene rings is 1. The number of amides is 3. The van der Waals surface area contributed by atoms with E-state index in [4.69, 9.17) is 27.8 Å². The molecule has 1 saturated heterocycles. The Morgan fingerprint density at radius 3 is 2.19 bits per heavy atom. The molecule has 0 aliphatic carbocycles. The second-order valence-electron chi connectivity index (χ2n) is 13.0. The van der Waals surface area contributed by atoms with Crippen molar-refractivity contribution in [2.75, 3.05) is 51.4 Å². The maximum atomic E-state index is 14.2. The van der Waals surface area contributed by atoms with Crippen LogP contribution in [0.15, 0.2) is 30.6 Å². The molecule has 5 rings (SSSR count). The molecular weight excluding hydrogens is 789 g/mol. The molecule has 1 aliphatic rings. The highest BCUT2D eigenvalue weighted by molar-refractivity contribution is 6.31. The van der Waals surface area contributed by atoms with Crippen molar-refractivity contribution >= 4 is 58.0 Å². The SMILES string of the molecule is CCCCCOc1cc2c(cc1C(=O)N1CCN(C(=O)c3cncc(O)c3)CC1)n(CC)c(CNC(=O)c1nc(Cl)c(N)nc1N)[n+]2CCC.COC(=O)C(F)(F)F. The van der Waals surface area contributed by atoms with E-state index in [1.807, 2.05) is 19.1 Å². The number of hydrogen-bond acceptors (Lipinski definition) is 12. The predicted molar refractivity (Wildman–Crippen MR) is 206 cm³/mol. The van der Waals surface area contributed by atoms with Gasteiger partial charge >= 0.3 is 12.1 Å². The molecular formula is C37H47ClF3N10O7+. The molecule has 17 nitrogen and oxygen atoms in total. The molecule has 4 aromatic rings. The van der Waals surface area contributed by atoms with Gasteiger partial charge in [-0.1, -0.05) is 38.3 Å². The lowest BCUT2D eigenvalue weighted by molar-refractivity contribution is -0.680. The quantitative estimate of drug-likeness (QED) is 0.0856. The number of anilines is 2. The summed E-state index contributed by atoms with van der Waals surface area (Å²) in [4.78, 5) is 65.1. The van der Waals surface area contributed by atoms with Crippen LogP contribution in [0.25, 0.3) is 11.0 Å². The molecule has 0 bridgehead atoms. The lowest BCUT2D eigenvalue weighted by Gasteiger charge is -2.35. The van der Waals surface area contributed by atoms with Gasteiger partial charge in [0.05, 0.1) is 44.1 Å². The number of pyridine rings is 1. The van der Waals surface area contributed by atoms with E-state index in [2.05, 4.69) is 48.0 Å². The molecule has 0 spiro atoms. The van der Waals surface area contributed by atoms with Gasteiger partial charge in [0.1, 0.15) is 18.0 Å². The van der Waals surface area contributed by atoms with E-state index in [-0.39, 0.29) is 46.6 Å². The summed E-state index contributed by atoms with van der Waals surface area (Å²) in [6, 6.07) is 5.17. The summed E-state index contributed by atoms with van der Waals surface area (Å²) in [5.74, 6) is -2.16. The number of hydrogen-bond donors (Lipinski definition) is 4. The van der Waals surface area contributed by atoms with Crippen LogP contribution in [0.5, 0.6) is 11.5 Å². The third-order valence-electron chi connectivity index (χ3n) is 9.05. The van der Waals surface area contributed by atoms with Gasteiger partial charge < -0.3 is 41.2 Å². The van der Waals surface area contributed by atoms with Crippen molar-refractivity contribution in [2.24, 2.45) is 0 Å². The first-order chi connectivity index (χ1) is 27.6. The monoisotopic (exact) mass is 835 g/mol.